The average molecular weight is 426 g/mol. The van der Waals surface area contributed by atoms with Crippen molar-refractivity contribution in [3.63, 3.8) is 0 Å². The molecule has 4 rings (SSSR count). The molecule has 0 saturated carbocycles. The number of pyridine rings is 1. The van der Waals surface area contributed by atoms with Crippen LogP contribution in [0.3, 0.4) is 0 Å². The molecule has 1 saturated heterocycles. The highest BCUT2D eigenvalue weighted by Gasteiger charge is 2.32. The molecule has 2 unspecified atom stereocenters. The Morgan fingerprint density at radius 3 is 2.93 bits per heavy atom. The first kappa shape index (κ1) is 20.3. The molecule has 1 fully saturated rings. The molecule has 0 radical (unpaired) electrons. The number of aliphatic imine (C=N–C) groups is 1. The van der Waals surface area contributed by atoms with Crippen molar-refractivity contribution < 1.29 is 5.11 Å². The topological polar surface area (TPSA) is 166 Å². The van der Waals surface area contributed by atoms with E-state index in [1.807, 2.05) is 6.20 Å². The van der Waals surface area contributed by atoms with Crippen molar-refractivity contribution >= 4 is 39.6 Å². The summed E-state index contributed by atoms with van der Waals surface area (Å²) in [6, 6.07) is 3.50. The molecular formula is C19H23N9OS. The lowest BCUT2D eigenvalue weighted by molar-refractivity contribution is 0.149. The van der Waals surface area contributed by atoms with Gasteiger partial charge in [-0.2, -0.15) is 0 Å². The number of H-pyrrole nitrogens is 1. The minimum absolute atomic E-state index is 0.0394. The Labute approximate surface area is 177 Å². The smallest absolute Gasteiger partial charge is 0.182 e. The van der Waals surface area contributed by atoms with Gasteiger partial charge in [0.15, 0.2) is 11.0 Å². The first-order chi connectivity index (χ1) is 14.5. The third-order valence-electron chi connectivity index (χ3n) is 5.08. The summed E-state index contributed by atoms with van der Waals surface area (Å²) >= 11 is 1.29. The quantitative estimate of drug-likeness (QED) is 0.296. The third kappa shape index (κ3) is 4.42. The molecule has 0 aromatic carbocycles. The predicted octanol–water partition coefficient (Wildman–Crippen LogP) is 0.801. The summed E-state index contributed by atoms with van der Waals surface area (Å²) in [5, 5.41) is 18.7. The summed E-state index contributed by atoms with van der Waals surface area (Å²) in [7, 11) is 0. The highest BCUT2D eigenvalue weighted by atomic mass is 32.2. The first-order valence-corrected chi connectivity index (χ1v) is 10.4. The number of nitrogens with zero attached hydrogens (tertiary/aromatic N) is 5. The number of likely N-dealkylation sites (tertiary alicyclic amines) is 1. The van der Waals surface area contributed by atoms with E-state index in [1.165, 1.54) is 18.1 Å². The van der Waals surface area contributed by atoms with Crippen LogP contribution >= 0.6 is 11.8 Å². The van der Waals surface area contributed by atoms with Gasteiger partial charge in [-0.1, -0.05) is 11.8 Å². The Bertz CT molecular complexity index is 1070. The fourth-order valence-corrected chi connectivity index (χ4v) is 4.39. The summed E-state index contributed by atoms with van der Waals surface area (Å²) in [6.07, 6.45) is 6.14. The highest BCUT2D eigenvalue weighted by molar-refractivity contribution is 8.13. The third-order valence-corrected chi connectivity index (χ3v) is 6.04. The van der Waals surface area contributed by atoms with Gasteiger partial charge in [-0.15, -0.1) is 0 Å². The van der Waals surface area contributed by atoms with Crippen molar-refractivity contribution in [2.75, 3.05) is 24.6 Å². The predicted molar refractivity (Wildman–Crippen MR) is 118 cm³/mol. The largest absolute Gasteiger partial charge is 0.391 e. The summed E-state index contributed by atoms with van der Waals surface area (Å²) in [6.45, 7) is 1.94. The second-order valence-electron chi connectivity index (χ2n) is 7.17. The van der Waals surface area contributed by atoms with E-state index < -0.39 is 6.10 Å². The molecule has 0 amide bonds. The van der Waals surface area contributed by atoms with Crippen molar-refractivity contribution in [2.45, 2.75) is 12.6 Å². The summed E-state index contributed by atoms with van der Waals surface area (Å²) in [4.78, 5) is 21.7. The number of aliphatic hydroxyl groups is 1. The molecule has 4 heterocycles. The standard InChI is InChI=1S/C19H23N9OS/c20-17(11-1-3-23-4-2-11)27-19(22)30-9-13-7-28(8-14(13)29)6-12-5-24-16-15(12)25-10-26-18(16)21/h1-5,10,13-14,24,29H,6-9H2,(H3,20,22,27)(H2,21,25,26). The van der Waals surface area contributed by atoms with Crippen LogP contribution in [0.2, 0.25) is 0 Å². The van der Waals surface area contributed by atoms with E-state index in [9.17, 15) is 5.11 Å². The van der Waals surface area contributed by atoms with Gasteiger partial charge in [-0.25, -0.2) is 15.0 Å². The van der Waals surface area contributed by atoms with Crippen LogP contribution in [-0.2, 0) is 6.54 Å². The van der Waals surface area contributed by atoms with Crippen LogP contribution in [0, 0.1) is 11.3 Å². The zero-order valence-corrected chi connectivity index (χ0v) is 17.0. The van der Waals surface area contributed by atoms with E-state index in [4.69, 9.17) is 16.9 Å². The van der Waals surface area contributed by atoms with Gasteiger partial charge in [0.25, 0.3) is 0 Å². The van der Waals surface area contributed by atoms with Crippen LogP contribution < -0.4 is 11.5 Å². The molecule has 10 nitrogen and oxygen atoms in total. The number of fused-ring (bicyclic) bond motifs is 1. The van der Waals surface area contributed by atoms with Crippen molar-refractivity contribution in [3.05, 3.63) is 48.2 Å². The number of anilines is 1. The molecule has 3 aromatic rings. The molecule has 1 aliphatic rings. The van der Waals surface area contributed by atoms with Gasteiger partial charge in [-0.05, 0) is 12.1 Å². The number of amidine groups is 2. The molecular weight excluding hydrogens is 402 g/mol. The number of nitrogens with one attached hydrogen (secondary N) is 2. The number of rotatable bonds is 5. The molecule has 11 heteroatoms. The van der Waals surface area contributed by atoms with E-state index in [0.717, 1.165) is 28.7 Å². The summed E-state index contributed by atoms with van der Waals surface area (Å²) in [5.41, 5.74) is 15.1. The van der Waals surface area contributed by atoms with Crippen LogP contribution in [0.1, 0.15) is 11.1 Å². The molecule has 30 heavy (non-hydrogen) atoms. The van der Waals surface area contributed by atoms with E-state index in [2.05, 4.69) is 29.8 Å². The van der Waals surface area contributed by atoms with Crippen molar-refractivity contribution in [1.29, 1.82) is 5.41 Å². The van der Waals surface area contributed by atoms with Crippen molar-refractivity contribution in [2.24, 2.45) is 16.6 Å². The number of nitrogen functional groups attached to an aromatic ring is 1. The minimum atomic E-state index is -0.461. The maximum absolute atomic E-state index is 10.5. The second kappa shape index (κ2) is 8.78. The van der Waals surface area contributed by atoms with E-state index in [-0.39, 0.29) is 16.9 Å². The molecule has 1 aliphatic heterocycles. The van der Waals surface area contributed by atoms with Crippen molar-refractivity contribution in [3.8, 4) is 0 Å². The van der Waals surface area contributed by atoms with Crippen LogP contribution in [0.5, 0.6) is 0 Å². The van der Waals surface area contributed by atoms with Gasteiger partial charge in [0, 0.05) is 61.0 Å². The zero-order chi connectivity index (χ0) is 21.1. The Hall–Kier alpha value is -3.02. The molecule has 0 bridgehead atoms. The lowest BCUT2D eigenvalue weighted by atomic mass is 10.1. The second-order valence-corrected chi connectivity index (χ2v) is 8.18. The van der Waals surface area contributed by atoms with E-state index in [1.54, 1.807) is 24.5 Å². The number of nitrogens with two attached hydrogens (primary N) is 2. The Kier molecular flexibility index (Phi) is 5.93. The lowest BCUT2D eigenvalue weighted by Gasteiger charge is -2.14. The number of aromatic nitrogens is 4. The maximum Gasteiger partial charge on any atom is 0.182 e. The Balaban J connectivity index is 1.33. The van der Waals surface area contributed by atoms with Crippen LogP contribution in [0.15, 0.2) is 42.0 Å². The first-order valence-electron chi connectivity index (χ1n) is 9.44. The van der Waals surface area contributed by atoms with E-state index in [0.29, 0.717) is 24.7 Å². The van der Waals surface area contributed by atoms with Crippen molar-refractivity contribution in [1.82, 2.24) is 24.8 Å². The fourth-order valence-electron chi connectivity index (χ4n) is 3.52. The fraction of sp³-hybridized carbons (Fsp3) is 0.316. The minimum Gasteiger partial charge on any atom is -0.391 e. The lowest BCUT2D eigenvalue weighted by Crippen LogP contribution is -2.21. The van der Waals surface area contributed by atoms with Crippen LogP contribution in [0.4, 0.5) is 5.82 Å². The molecule has 7 N–H and O–H groups in total. The number of aromatic amines is 1. The number of hydrogen-bond donors (Lipinski definition) is 5. The van der Waals surface area contributed by atoms with Gasteiger partial charge in [0.1, 0.15) is 17.7 Å². The number of β-amino-alcohol motifs (C(OH)–C–C–N with tert-alkyl or cyclic N) is 1. The van der Waals surface area contributed by atoms with Gasteiger partial charge in [0.05, 0.1) is 11.6 Å². The summed E-state index contributed by atoms with van der Waals surface area (Å²) in [5.74, 6) is 1.33. The normalized spacial score (nSPS) is 20.1. The molecule has 2 atom stereocenters. The maximum atomic E-state index is 10.5. The van der Waals surface area contributed by atoms with E-state index >= 15 is 0 Å². The van der Waals surface area contributed by atoms with Gasteiger partial charge in [-0.3, -0.25) is 15.3 Å². The van der Waals surface area contributed by atoms with Crippen LogP contribution in [0.25, 0.3) is 11.0 Å². The Morgan fingerprint density at radius 2 is 2.13 bits per heavy atom. The number of aliphatic hydroxyl groups excluding tert-OH is 1. The van der Waals surface area contributed by atoms with Gasteiger partial charge >= 0.3 is 0 Å². The number of hydrogen-bond acceptors (Lipinski definition) is 8. The van der Waals surface area contributed by atoms with Gasteiger partial charge in [0.2, 0.25) is 0 Å². The average Bonchev–Trinajstić information content (AvgIpc) is 3.31. The zero-order valence-electron chi connectivity index (χ0n) is 16.2. The Morgan fingerprint density at radius 1 is 1.33 bits per heavy atom. The molecule has 3 aromatic heterocycles. The molecule has 156 valence electrons. The SMILES string of the molecule is N=C(N=C(N)c1ccncc1)SCC1CN(Cc2c[nH]c3c(N)ncnc23)CC1O. The van der Waals surface area contributed by atoms with Gasteiger partial charge < -0.3 is 21.6 Å². The number of thioether (sulfide) groups is 1. The highest BCUT2D eigenvalue weighted by Crippen LogP contribution is 2.26. The van der Waals surface area contributed by atoms with Crippen LogP contribution in [-0.4, -0.2) is 65.9 Å². The summed E-state index contributed by atoms with van der Waals surface area (Å²) < 4.78 is 0. The molecule has 0 spiro atoms. The molecule has 0 aliphatic carbocycles. The monoisotopic (exact) mass is 425 g/mol.